The van der Waals surface area contributed by atoms with E-state index in [2.05, 4.69) is 5.32 Å². The van der Waals surface area contributed by atoms with Crippen LogP contribution in [-0.4, -0.2) is 23.6 Å². The number of hydrogen-bond acceptors (Lipinski definition) is 4. The first kappa shape index (κ1) is 19.5. The van der Waals surface area contributed by atoms with Crippen molar-refractivity contribution in [3.63, 3.8) is 0 Å². The highest BCUT2D eigenvalue weighted by atomic mass is 16.5. The highest BCUT2D eigenvalue weighted by molar-refractivity contribution is 5.95. The molecule has 0 aliphatic heterocycles. The fourth-order valence-corrected chi connectivity index (χ4v) is 3.80. The summed E-state index contributed by atoms with van der Waals surface area (Å²) in [5, 5.41) is 12.0. The van der Waals surface area contributed by atoms with E-state index in [4.69, 9.17) is 9.94 Å². The number of carbonyl (C=O) groups is 2. The molecule has 2 fully saturated rings. The molecule has 2 aliphatic rings. The number of rotatable bonds is 9. The van der Waals surface area contributed by atoms with Gasteiger partial charge in [0.1, 0.15) is 12.4 Å². The maximum absolute atomic E-state index is 12.8. The van der Waals surface area contributed by atoms with Crippen LogP contribution in [0.3, 0.4) is 0 Å². The molecule has 2 amide bonds. The summed E-state index contributed by atoms with van der Waals surface area (Å²) in [4.78, 5) is 24.8. The van der Waals surface area contributed by atoms with Crippen molar-refractivity contribution in [3.8, 4) is 5.75 Å². The Balaban J connectivity index is 1.39. The Morgan fingerprint density at radius 3 is 2.41 bits per heavy atom. The zero-order valence-corrected chi connectivity index (χ0v) is 16.3. The van der Waals surface area contributed by atoms with Gasteiger partial charge in [-0.3, -0.25) is 14.8 Å². The summed E-state index contributed by atoms with van der Waals surface area (Å²) >= 11 is 0. The number of nitrogens with one attached hydrogen (secondary N) is 2. The van der Waals surface area contributed by atoms with E-state index in [9.17, 15) is 9.59 Å². The summed E-state index contributed by atoms with van der Waals surface area (Å²) in [5.74, 6) is 0.240. The van der Waals surface area contributed by atoms with Gasteiger partial charge in [0.2, 0.25) is 11.8 Å². The van der Waals surface area contributed by atoms with Gasteiger partial charge in [-0.1, -0.05) is 42.5 Å². The van der Waals surface area contributed by atoms with E-state index in [-0.39, 0.29) is 5.91 Å². The summed E-state index contributed by atoms with van der Waals surface area (Å²) in [5.41, 5.74) is 2.98. The van der Waals surface area contributed by atoms with Crippen LogP contribution in [0.5, 0.6) is 5.75 Å². The third kappa shape index (κ3) is 4.59. The van der Waals surface area contributed by atoms with Crippen molar-refractivity contribution in [2.24, 2.45) is 17.3 Å². The lowest BCUT2D eigenvalue weighted by molar-refractivity contribution is -0.135. The number of hydroxylamine groups is 1. The van der Waals surface area contributed by atoms with Crippen LogP contribution in [0.2, 0.25) is 0 Å². The second-order valence-corrected chi connectivity index (χ2v) is 8.14. The van der Waals surface area contributed by atoms with Gasteiger partial charge in [-0.05, 0) is 54.9 Å². The Morgan fingerprint density at radius 2 is 1.76 bits per heavy atom. The van der Waals surface area contributed by atoms with E-state index in [1.165, 1.54) is 0 Å². The van der Waals surface area contributed by atoms with Crippen molar-refractivity contribution in [1.29, 1.82) is 0 Å². The second kappa shape index (κ2) is 8.25. The Bertz CT molecular complexity index is 864. The van der Waals surface area contributed by atoms with Crippen LogP contribution in [0.15, 0.2) is 54.6 Å². The molecule has 6 heteroatoms. The smallest absolute Gasteiger partial charge is 0.247 e. The summed E-state index contributed by atoms with van der Waals surface area (Å²) in [6, 6.07) is 17.6. The quantitative estimate of drug-likeness (QED) is 0.451. The normalized spacial score (nSPS) is 22.6. The van der Waals surface area contributed by atoms with Crippen LogP contribution >= 0.6 is 0 Å². The first-order valence-corrected chi connectivity index (χ1v) is 10.1. The topological polar surface area (TPSA) is 87.7 Å². The SMILES string of the molecule is O=C(NO)C1C[C@]1(Cc1ccc(OCc2ccccc2)cc1)C(=O)NCC1CC1. The maximum atomic E-state index is 12.8. The van der Waals surface area contributed by atoms with E-state index in [1.54, 1.807) is 5.48 Å². The Labute approximate surface area is 170 Å². The van der Waals surface area contributed by atoms with Crippen LogP contribution in [0, 0.1) is 17.3 Å². The number of ether oxygens (including phenoxy) is 1. The van der Waals surface area contributed by atoms with Crippen molar-refractivity contribution in [2.75, 3.05) is 6.54 Å². The van der Waals surface area contributed by atoms with Gasteiger partial charge in [-0.15, -0.1) is 0 Å². The molecule has 3 N–H and O–H groups in total. The molecule has 0 aromatic heterocycles. The first-order chi connectivity index (χ1) is 14.1. The molecule has 0 spiro atoms. The summed E-state index contributed by atoms with van der Waals surface area (Å²) in [7, 11) is 0. The van der Waals surface area contributed by atoms with Gasteiger partial charge in [0.05, 0.1) is 11.3 Å². The lowest BCUT2D eigenvalue weighted by Crippen LogP contribution is -2.38. The average molecular weight is 394 g/mol. The minimum absolute atomic E-state index is 0.0950. The molecule has 2 aromatic rings. The molecule has 2 aliphatic carbocycles. The van der Waals surface area contributed by atoms with Crippen LogP contribution in [0.25, 0.3) is 0 Å². The summed E-state index contributed by atoms with van der Waals surface area (Å²) < 4.78 is 5.81. The molecule has 2 aromatic carbocycles. The minimum Gasteiger partial charge on any atom is -0.489 e. The third-order valence-corrected chi connectivity index (χ3v) is 5.89. The van der Waals surface area contributed by atoms with Crippen LogP contribution in [0.4, 0.5) is 0 Å². The van der Waals surface area contributed by atoms with Crippen LogP contribution < -0.4 is 15.5 Å². The van der Waals surface area contributed by atoms with Gasteiger partial charge >= 0.3 is 0 Å². The predicted octanol–water partition coefficient (Wildman–Crippen LogP) is 2.85. The van der Waals surface area contributed by atoms with Crippen molar-refractivity contribution in [3.05, 3.63) is 65.7 Å². The fraction of sp³-hybridized carbons (Fsp3) is 0.391. The number of amides is 2. The fourth-order valence-electron chi connectivity index (χ4n) is 3.80. The predicted molar refractivity (Wildman–Crippen MR) is 107 cm³/mol. The Hall–Kier alpha value is -2.86. The molecular weight excluding hydrogens is 368 g/mol. The molecule has 0 saturated heterocycles. The number of benzene rings is 2. The summed E-state index contributed by atoms with van der Waals surface area (Å²) in [6.07, 6.45) is 3.21. The highest BCUT2D eigenvalue weighted by Gasteiger charge is 2.63. The third-order valence-electron chi connectivity index (χ3n) is 5.89. The second-order valence-electron chi connectivity index (χ2n) is 8.14. The molecule has 2 atom stereocenters. The molecule has 2 saturated carbocycles. The number of carbonyl (C=O) groups excluding carboxylic acids is 2. The standard InChI is InChI=1S/C23H26N2O4/c26-21(25-28)20-13-23(20,22(27)24-14-17-6-7-17)12-16-8-10-19(11-9-16)29-15-18-4-2-1-3-5-18/h1-5,8-11,17,20,28H,6-7,12-15H2,(H,24,27)(H,25,26)/t20?,23-/m0/s1. The molecular formula is C23H26N2O4. The molecule has 29 heavy (non-hydrogen) atoms. The van der Waals surface area contributed by atoms with E-state index < -0.39 is 17.2 Å². The van der Waals surface area contributed by atoms with Crippen molar-refractivity contribution >= 4 is 11.8 Å². The first-order valence-electron chi connectivity index (χ1n) is 10.1. The number of hydrogen-bond donors (Lipinski definition) is 3. The minimum atomic E-state index is -0.784. The van der Waals surface area contributed by atoms with Gasteiger partial charge in [-0.25, -0.2) is 5.48 Å². The van der Waals surface area contributed by atoms with Gasteiger partial charge in [0, 0.05) is 6.54 Å². The maximum Gasteiger partial charge on any atom is 0.247 e. The van der Waals surface area contributed by atoms with E-state index in [0.29, 0.717) is 31.9 Å². The largest absolute Gasteiger partial charge is 0.489 e. The lowest BCUT2D eigenvalue weighted by Gasteiger charge is -2.17. The summed E-state index contributed by atoms with van der Waals surface area (Å²) in [6.45, 7) is 1.16. The van der Waals surface area contributed by atoms with Crippen molar-refractivity contribution < 1.29 is 19.5 Å². The van der Waals surface area contributed by atoms with Gasteiger partial charge in [-0.2, -0.15) is 0 Å². The lowest BCUT2D eigenvalue weighted by atomic mass is 9.92. The van der Waals surface area contributed by atoms with Gasteiger partial charge in [0.25, 0.3) is 0 Å². The van der Waals surface area contributed by atoms with Crippen molar-refractivity contribution in [2.45, 2.75) is 32.3 Å². The molecule has 4 rings (SSSR count). The monoisotopic (exact) mass is 394 g/mol. The molecule has 6 nitrogen and oxygen atoms in total. The van der Waals surface area contributed by atoms with Crippen LogP contribution in [-0.2, 0) is 22.6 Å². The zero-order valence-electron chi connectivity index (χ0n) is 16.3. The molecule has 152 valence electrons. The van der Waals surface area contributed by atoms with E-state index >= 15 is 0 Å². The Kier molecular flexibility index (Phi) is 5.53. The molecule has 1 unspecified atom stereocenters. The highest BCUT2D eigenvalue weighted by Crippen LogP contribution is 2.55. The van der Waals surface area contributed by atoms with Gasteiger partial charge in [0.15, 0.2) is 0 Å². The van der Waals surface area contributed by atoms with Crippen LogP contribution in [0.1, 0.15) is 30.4 Å². The molecule has 0 radical (unpaired) electrons. The van der Waals surface area contributed by atoms with E-state index in [0.717, 1.165) is 29.7 Å². The Morgan fingerprint density at radius 1 is 1.03 bits per heavy atom. The van der Waals surface area contributed by atoms with Gasteiger partial charge < -0.3 is 10.1 Å². The molecule has 0 bridgehead atoms. The van der Waals surface area contributed by atoms with Crippen molar-refractivity contribution in [1.82, 2.24) is 10.8 Å². The molecule has 0 heterocycles. The average Bonchev–Trinajstić information content (AvgIpc) is 3.68. The van der Waals surface area contributed by atoms with E-state index in [1.807, 2.05) is 54.6 Å². The zero-order chi connectivity index (χ0) is 20.3.